The van der Waals surface area contributed by atoms with Crippen LogP contribution in [0.4, 0.5) is 0 Å². The molecule has 2 heteroatoms. The lowest BCUT2D eigenvalue weighted by atomic mass is 9.83. The fraction of sp³-hybridized carbons (Fsp3) is 0.727. The molecule has 0 bridgehead atoms. The molecule has 0 unspecified atom stereocenters. The summed E-state index contributed by atoms with van der Waals surface area (Å²) in [6, 6.07) is 0. The second-order valence-corrected chi connectivity index (χ2v) is 4.11. The predicted molar refractivity (Wildman–Crippen MR) is 54.4 cm³/mol. The third-order valence-corrected chi connectivity index (χ3v) is 2.70. The molecule has 1 aliphatic rings. The maximum atomic E-state index is 11.3. The summed E-state index contributed by atoms with van der Waals surface area (Å²) in [6.07, 6.45) is 9.42. The Balaban J connectivity index is 2.45. The summed E-state index contributed by atoms with van der Waals surface area (Å²) < 4.78 is 0. The normalized spacial score (nSPS) is 21.7. The van der Waals surface area contributed by atoms with Crippen molar-refractivity contribution in [1.29, 1.82) is 0 Å². The van der Waals surface area contributed by atoms with Crippen molar-refractivity contribution in [3.8, 4) is 0 Å². The van der Waals surface area contributed by atoms with Crippen LogP contribution in [0.1, 0.15) is 46.0 Å². The minimum atomic E-state index is 0.0481. The Morgan fingerprint density at radius 1 is 1.31 bits per heavy atom. The minimum absolute atomic E-state index is 0.0481. The molecule has 13 heavy (non-hydrogen) atoms. The van der Waals surface area contributed by atoms with Crippen LogP contribution in [0.3, 0.4) is 0 Å². The number of rotatable bonds is 2. The van der Waals surface area contributed by atoms with Crippen molar-refractivity contribution in [2.45, 2.75) is 51.5 Å². The Hall–Kier alpha value is -0.790. The van der Waals surface area contributed by atoms with Crippen molar-refractivity contribution < 1.29 is 4.79 Å². The molecule has 0 aromatic heterocycles. The highest BCUT2D eigenvalue weighted by molar-refractivity contribution is 5.87. The third kappa shape index (κ3) is 3.21. The largest absolute Gasteiger partial charge is 0.347 e. The van der Waals surface area contributed by atoms with Gasteiger partial charge in [0.1, 0.15) is 0 Å². The van der Waals surface area contributed by atoms with Gasteiger partial charge in [-0.15, -0.1) is 0 Å². The number of nitrogens with one attached hydrogen (secondary N) is 1. The molecular formula is C11H19NO. The van der Waals surface area contributed by atoms with Crippen LogP contribution in [0.25, 0.3) is 0 Å². The van der Waals surface area contributed by atoms with Crippen LogP contribution in [-0.2, 0) is 4.79 Å². The van der Waals surface area contributed by atoms with Gasteiger partial charge in [0, 0.05) is 5.54 Å². The van der Waals surface area contributed by atoms with Crippen LogP contribution in [0.2, 0.25) is 0 Å². The van der Waals surface area contributed by atoms with E-state index >= 15 is 0 Å². The Bertz CT molecular complexity index is 202. The molecule has 0 saturated heterocycles. The first kappa shape index (κ1) is 10.3. The van der Waals surface area contributed by atoms with Gasteiger partial charge in [-0.1, -0.05) is 25.3 Å². The molecule has 0 aromatic carbocycles. The summed E-state index contributed by atoms with van der Waals surface area (Å²) in [6.45, 7) is 4.01. The van der Waals surface area contributed by atoms with Crippen molar-refractivity contribution in [3.63, 3.8) is 0 Å². The number of carbonyl (C=O) groups is 1. The Morgan fingerprint density at radius 2 is 1.92 bits per heavy atom. The Kier molecular flexibility index (Phi) is 3.52. The maximum absolute atomic E-state index is 11.3. The van der Waals surface area contributed by atoms with Gasteiger partial charge in [-0.05, 0) is 32.8 Å². The summed E-state index contributed by atoms with van der Waals surface area (Å²) in [5, 5.41) is 3.07. The van der Waals surface area contributed by atoms with Gasteiger partial charge in [0.25, 0.3) is 0 Å². The summed E-state index contributed by atoms with van der Waals surface area (Å²) in [5.74, 6) is 0.0481. The first-order valence-electron chi connectivity index (χ1n) is 5.11. The van der Waals surface area contributed by atoms with Gasteiger partial charge in [-0.25, -0.2) is 0 Å². The van der Waals surface area contributed by atoms with Crippen LogP contribution >= 0.6 is 0 Å². The van der Waals surface area contributed by atoms with Crippen LogP contribution in [0, 0.1) is 0 Å². The zero-order chi connectivity index (χ0) is 9.73. The maximum Gasteiger partial charge on any atom is 0.244 e. The van der Waals surface area contributed by atoms with Crippen LogP contribution in [0.15, 0.2) is 12.2 Å². The summed E-state index contributed by atoms with van der Waals surface area (Å²) >= 11 is 0. The molecule has 1 N–H and O–H groups in total. The van der Waals surface area contributed by atoms with E-state index in [0.717, 1.165) is 12.8 Å². The highest BCUT2D eigenvalue weighted by Crippen LogP contribution is 2.27. The number of carbonyl (C=O) groups excluding carboxylic acids is 1. The molecule has 0 aromatic rings. The zero-order valence-corrected chi connectivity index (χ0v) is 8.60. The average Bonchev–Trinajstić information content (AvgIpc) is 2.04. The first-order valence-corrected chi connectivity index (χ1v) is 5.11. The molecule has 0 aliphatic heterocycles. The van der Waals surface area contributed by atoms with E-state index in [1.54, 1.807) is 12.2 Å². The van der Waals surface area contributed by atoms with Gasteiger partial charge < -0.3 is 5.32 Å². The van der Waals surface area contributed by atoms with Crippen LogP contribution < -0.4 is 5.32 Å². The molecule has 0 heterocycles. The fourth-order valence-electron chi connectivity index (χ4n) is 1.95. The number of amides is 1. The molecule has 0 radical (unpaired) electrons. The van der Waals surface area contributed by atoms with E-state index in [9.17, 15) is 4.79 Å². The average molecular weight is 181 g/mol. The number of hydrogen-bond donors (Lipinski definition) is 1. The number of hydrogen-bond acceptors (Lipinski definition) is 1. The van der Waals surface area contributed by atoms with E-state index in [2.05, 4.69) is 12.2 Å². The van der Waals surface area contributed by atoms with Crippen molar-refractivity contribution in [2.75, 3.05) is 0 Å². The monoisotopic (exact) mass is 181 g/mol. The molecule has 0 atom stereocenters. The van der Waals surface area contributed by atoms with Crippen molar-refractivity contribution in [1.82, 2.24) is 5.32 Å². The standard InChI is InChI=1S/C11H19NO/c1-3-7-10(13)12-11(2)8-5-4-6-9-11/h3,7H,4-6,8-9H2,1-2H3,(H,12,13)/b7-3+. The van der Waals surface area contributed by atoms with Gasteiger partial charge in [-0.3, -0.25) is 4.79 Å². The van der Waals surface area contributed by atoms with Crippen molar-refractivity contribution in [3.05, 3.63) is 12.2 Å². The van der Waals surface area contributed by atoms with Crippen LogP contribution in [-0.4, -0.2) is 11.4 Å². The quantitative estimate of drug-likeness (QED) is 0.651. The van der Waals surface area contributed by atoms with Crippen LogP contribution in [0.5, 0.6) is 0 Å². The highest BCUT2D eigenvalue weighted by Gasteiger charge is 2.27. The van der Waals surface area contributed by atoms with Gasteiger partial charge in [0.15, 0.2) is 0 Å². The summed E-state index contributed by atoms with van der Waals surface area (Å²) in [4.78, 5) is 11.3. The molecule has 2 nitrogen and oxygen atoms in total. The second kappa shape index (κ2) is 4.45. The molecule has 74 valence electrons. The molecule has 1 aliphatic carbocycles. The lowest BCUT2D eigenvalue weighted by Gasteiger charge is -2.34. The lowest BCUT2D eigenvalue weighted by molar-refractivity contribution is -0.118. The molecule has 0 spiro atoms. The van der Waals surface area contributed by atoms with Gasteiger partial charge in [0.05, 0.1) is 0 Å². The fourth-order valence-corrected chi connectivity index (χ4v) is 1.95. The molecule has 1 amide bonds. The van der Waals surface area contributed by atoms with E-state index < -0.39 is 0 Å². The van der Waals surface area contributed by atoms with Gasteiger partial charge in [-0.2, -0.15) is 0 Å². The van der Waals surface area contributed by atoms with E-state index in [1.807, 2.05) is 6.92 Å². The second-order valence-electron chi connectivity index (χ2n) is 4.11. The molecule has 1 rings (SSSR count). The van der Waals surface area contributed by atoms with E-state index in [1.165, 1.54) is 19.3 Å². The first-order chi connectivity index (χ1) is 6.16. The van der Waals surface area contributed by atoms with Crippen molar-refractivity contribution >= 4 is 5.91 Å². The van der Waals surface area contributed by atoms with E-state index in [4.69, 9.17) is 0 Å². The zero-order valence-electron chi connectivity index (χ0n) is 8.60. The summed E-state index contributed by atoms with van der Waals surface area (Å²) in [5.41, 5.74) is 0.0504. The molecule has 1 saturated carbocycles. The Morgan fingerprint density at radius 3 is 2.46 bits per heavy atom. The molecular weight excluding hydrogens is 162 g/mol. The third-order valence-electron chi connectivity index (χ3n) is 2.70. The highest BCUT2D eigenvalue weighted by atomic mass is 16.1. The predicted octanol–water partition coefficient (Wildman–Crippen LogP) is 2.40. The number of allylic oxidation sites excluding steroid dienone is 1. The topological polar surface area (TPSA) is 29.1 Å². The summed E-state index contributed by atoms with van der Waals surface area (Å²) in [7, 11) is 0. The SMILES string of the molecule is C/C=C/C(=O)NC1(C)CCCCC1. The van der Waals surface area contributed by atoms with Crippen molar-refractivity contribution in [2.24, 2.45) is 0 Å². The minimum Gasteiger partial charge on any atom is -0.347 e. The van der Waals surface area contributed by atoms with Gasteiger partial charge in [0.2, 0.25) is 5.91 Å². The smallest absolute Gasteiger partial charge is 0.244 e. The van der Waals surface area contributed by atoms with E-state index in [-0.39, 0.29) is 11.4 Å². The molecule has 1 fully saturated rings. The Labute approximate surface area is 80.4 Å². The lowest BCUT2D eigenvalue weighted by Crippen LogP contribution is -2.46. The van der Waals surface area contributed by atoms with Gasteiger partial charge >= 0.3 is 0 Å². The van der Waals surface area contributed by atoms with E-state index in [0.29, 0.717) is 0 Å².